The fourth-order valence-electron chi connectivity index (χ4n) is 2.63. The van der Waals surface area contributed by atoms with Crippen molar-refractivity contribution in [3.63, 3.8) is 0 Å². The van der Waals surface area contributed by atoms with Crippen molar-refractivity contribution < 1.29 is 19.4 Å². The molecule has 0 aliphatic rings. The molecule has 0 spiro atoms. The van der Waals surface area contributed by atoms with E-state index in [1.165, 1.54) is 13.8 Å². The van der Waals surface area contributed by atoms with E-state index in [1.807, 2.05) is 42.5 Å². The molecule has 1 heterocycles. The number of fused-ring (bicyclic) bond motifs is 1. The lowest BCUT2D eigenvalue weighted by Crippen LogP contribution is -2.49. The molecular formula is C21H19BrN2O4. The van der Waals surface area contributed by atoms with E-state index >= 15 is 0 Å². The SMILES string of the molecule is CC(C)(NC(=O)c1ccc2ccccc2c1OCc1ccc(Br)nc1)C(=O)O. The zero-order chi connectivity index (χ0) is 20.3. The number of hydrogen-bond acceptors (Lipinski definition) is 4. The summed E-state index contributed by atoms with van der Waals surface area (Å²) in [6.07, 6.45) is 1.68. The van der Waals surface area contributed by atoms with Crippen LogP contribution < -0.4 is 10.1 Å². The highest BCUT2D eigenvalue weighted by Crippen LogP contribution is 2.31. The zero-order valence-corrected chi connectivity index (χ0v) is 17.0. The number of carboxylic acids is 1. The van der Waals surface area contributed by atoms with E-state index in [-0.39, 0.29) is 12.2 Å². The van der Waals surface area contributed by atoms with Gasteiger partial charge in [0.1, 0.15) is 22.5 Å². The Morgan fingerprint density at radius 1 is 1.14 bits per heavy atom. The Hall–Kier alpha value is -2.93. The van der Waals surface area contributed by atoms with Gasteiger partial charge in [0.15, 0.2) is 0 Å². The average molecular weight is 443 g/mol. The Bertz CT molecular complexity index is 1030. The number of carbonyl (C=O) groups excluding carboxylic acids is 1. The molecule has 0 fully saturated rings. The lowest BCUT2D eigenvalue weighted by molar-refractivity contribution is -0.143. The minimum absolute atomic E-state index is 0.219. The topological polar surface area (TPSA) is 88.5 Å². The molecule has 0 saturated heterocycles. The van der Waals surface area contributed by atoms with E-state index in [4.69, 9.17) is 4.74 Å². The summed E-state index contributed by atoms with van der Waals surface area (Å²) in [6.45, 7) is 3.08. The number of pyridine rings is 1. The standard InChI is InChI=1S/C21H19BrN2O4/c1-21(2,20(26)27)24-19(25)16-9-8-14-5-3-4-6-15(14)18(16)28-12-13-7-10-17(22)23-11-13/h3-11H,12H2,1-2H3,(H,24,25)(H,26,27). The van der Waals surface area contributed by atoms with E-state index in [0.717, 1.165) is 20.9 Å². The van der Waals surface area contributed by atoms with Crippen LogP contribution in [0.1, 0.15) is 29.8 Å². The molecule has 0 saturated carbocycles. The molecule has 3 rings (SSSR count). The maximum atomic E-state index is 12.8. The summed E-state index contributed by atoms with van der Waals surface area (Å²) in [5.41, 5.74) is -0.290. The molecule has 6 nitrogen and oxygen atoms in total. The normalized spacial score (nSPS) is 11.2. The van der Waals surface area contributed by atoms with Gasteiger partial charge in [-0.15, -0.1) is 0 Å². The molecule has 2 aromatic carbocycles. The van der Waals surface area contributed by atoms with E-state index < -0.39 is 17.4 Å². The molecule has 0 unspecified atom stereocenters. The lowest BCUT2D eigenvalue weighted by atomic mass is 10.0. The molecule has 0 aliphatic heterocycles. The number of ether oxygens (including phenoxy) is 1. The van der Waals surface area contributed by atoms with Gasteiger partial charge in [-0.2, -0.15) is 0 Å². The third kappa shape index (κ3) is 4.31. The van der Waals surface area contributed by atoms with Gasteiger partial charge < -0.3 is 15.2 Å². The Kier molecular flexibility index (Phi) is 5.65. The number of aromatic nitrogens is 1. The zero-order valence-electron chi connectivity index (χ0n) is 15.4. The molecule has 28 heavy (non-hydrogen) atoms. The van der Waals surface area contributed by atoms with Gasteiger partial charge in [0.2, 0.25) is 0 Å². The lowest BCUT2D eigenvalue weighted by Gasteiger charge is -2.22. The van der Waals surface area contributed by atoms with Crippen molar-refractivity contribution in [2.24, 2.45) is 0 Å². The number of nitrogens with one attached hydrogen (secondary N) is 1. The Balaban J connectivity index is 1.97. The highest BCUT2D eigenvalue weighted by atomic mass is 79.9. The summed E-state index contributed by atoms with van der Waals surface area (Å²) in [5.74, 6) is -1.23. The Labute approximate surface area is 170 Å². The van der Waals surface area contributed by atoms with E-state index in [9.17, 15) is 14.7 Å². The molecule has 0 aliphatic carbocycles. The Morgan fingerprint density at radius 3 is 2.57 bits per heavy atom. The number of rotatable bonds is 6. The van der Waals surface area contributed by atoms with Gasteiger partial charge in [0.05, 0.1) is 5.56 Å². The molecule has 0 bridgehead atoms. The van der Waals surface area contributed by atoms with Crippen LogP contribution in [0.15, 0.2) is 59.3 Å². The van der Waals surface area contributed by atoms with E-state index in [2.05, 4.69) is 26.2 Å². The molecule has 144 valence electrons. The van der Waals surface area contributed by atoms with Gasteiger partial charge in [-0.05, 0) is 47.3 Å². The van der Waals surface area contributed by atoms with Crippen LogP contribution in [-0.2, 0) is 11.4 Å². The fourth-order valence-corrected chi connectivity index (χ4v) is 2.86. The predicted molar refractivity (Wildman–Crippen MR) is 109 cm³/mol. The van der Waals surface area contributed by atoms with Crippen molar-refractivity contribution in [1.29, 1.82) is 0 Å². The van der Waals surface area contributed by atoms with Crippen LogP contribution in [0, 0.1) is 0 Å². The monoisotopic (exact) mass is 442 g/mol. The maximum absolute atomic E-state index is 12.8. The number of carboxylic acid groups (broad SMARTS) is 1. The van der Waals surface area contributed by atoms with Gasteiger partial charge in [0, 0.05) is 17.1 Å². The first-order valence-corrected chi connectivity index (χ1v) is 9.38. The van der Waals surface area contributed by atoms with Crippen LogP contribution in [-0.4, -0.2) is 27.5 Å². The van der Waals surface area contributed by atoms with Crippen LogP contribution >= 0.6 is 15.9 Å². The van der Waals surface area contributed by atoms with Gasteiger partial charge in [-0.1, -0.05) is 36.4 Å². The Morgan fingerprint density at radius 2 is 1.89 bits per heavy atom. The minimum Gasteiger partial charge on any atom is -0.487 e. The highest BCUT2D eigenvalue weighted by Gasteiger charge is 2.30. The number of amides is 1. The van der Waals surface area contributed by atoms with Gasteiger partial charge in [-0.25, -0.2) is 9.78 Å². The fraction of sp³-hybridized carbons (Fsp3) is 0.190. The van der Waals surface area contributed by atoms with Gasteiger partial charge >= 0.3 is 5.97 Å². The number of benzene rings is 2. The first kappa shape index (κ1) is 19.8. The third-order valence-corrected chi connectivity index (χ3v) is 4.73. The van der Waals surface area contributed by atoms with Crippen LogP contribution in [0.25, 0.3) is 10.8 Å². The maximum Gasteiger partial charge on any atom is 0.328 e. The van der Waals surface area contributed by atoms with Crippen molar-refractivity contribution in [1.82, 2.24) is 10.3 Å². The second-order valence-electron chi connectivity index (χ2n) is 6.83. The predicted octanol–water partition coefficient (Wildman–Crippen LogP) is 4.17. The van der Waals surface area contributed by atoms with Crippen LogP contribution in [0.3, 0.4) is 0 Å². The van der Waals surface area contributed by atoms with Crippen molar-refractivity contribution in [2.45, 2.75) is 26.0 Å². The molecule has 1 amide bonds. The molecule has 7 heteroatoms. The summed E-state index contributed by atoms with van der Waals surface area (Å²) in [4.78, 5) is 28.4. The molecule has 1 aromatic heterocycles. The van der Waals surface area contributed by atoms with Crippen molar-refractivity contribution >= 4 is 38.6 Å². The number of aliphatic carboxylic acids is 1. The third-order valence-electron chi connectivity index (χ3n) is 4.26. The van der Waals surface area contributed by atoms with Gasteiger partial charge in [0.25, 0.3) is 5.91 Å². The second-order valence-corrected chi connectivity index (χ2v) is 7.64. The van der Waals surface area contributed by atoms with Crippen molar-refractivity contribution in [3.8, 4) is 5.75 Å². The van der Waals surface area contributed by atoms with Crippen LogP contribution in [0.4, 0.5) is 0 Å². The molecular weight excluding hydrogens is 424 g/mol. The molecule has 2 N–H and O–H groups in total. The van der Waals surface area contributed by atoms with Crippen LogP contribution in [0.2, 0.25) is 0 Å². The summed E-state index contributed by atoms with van der Waals surface area (Å²) >= 11 is 3.29. The first-order valence-electron chi connectivity index (χ1n) is 8.59. The number of hydrogen-bond donors (Lipinski definition) is 2. The van der Waals surface area contributed by atoms with Crippen molar-refractivity contribution in [2.75, 3.05) is 0 Å². The smallest absolute Gasteiger partial charge is 0.328 e. The minimum atomic E-state index is -1.41. The first-order chi connectivity index (χ1) is 13.3. The molecule has 0 radical (unpaired) electrons. The van der Waals surface area contributed by atoms with E-state index in [0.29, 0.717) is 5.75 Å². The van der Waals surface area contributed by atoms with E-state index in [1.54, 1.807) is 12.3 Å². The van der Waals surface area contributed by atoms with Crippen LogP contribution in [0.5, 0.6) is 5.75 Å². The number of halogens is 1. The molecule has 0 atom stereocenters. The highest BCUT2D eigenvalue weighted by molar-refractivity contribution is 9.10. The average Bonchev–Trinajstić information content (AvgIpc) is 2.66. The number of carbonyl (C=O) groups is 2. The largest absolute Gasteiger partial charge is 0.487 e. The summed E-state index contributed by atoms with van der Waals surface area (Å²) in [7, 11) is 0. The summed E-state index contributed by atoms with van der Waals surface area (Å²) in [6, 6.07) is 14.7. The van der Waals surface area contributed by atoms with Crippen molar-refractivity contribution in [3.05, 3.63) is 70.5 Å². The molecule has 3 aromatic rings. The second kappa shape index (κ2) is 7.98. The summed E-state index contributed by atoms with van der Waals surface area (Å²) in [5, 5.41) is 13.5. The summed E-state index contributed by atoms with van der Waals surface area (Å²) < 4.78 is 6.73. The number of nitrogens with zero attached hydrogens (tertiary/aromatic N) is 1. The quantitative estimate of drug-likeness (QED) is 0.559. The van der Waals surface area contributed by atoms with Gasteiger partial charge in [-0.3, -0.25) is 4.79 Å².